The molecule has 0 N–H and O–H groups in total. The molecule has 2 nitrogen and oxygen atoms in total. The number of halogens is 4. The second-order valence-electron chi connectivity index (χ2n) is 5.58. The zero-order chi connectivity index (χ0) is 16.6. The van der Waals surface area contributed by atoms with Crippen LogP contribution in [0.2, 0.25) is 0 Å². The van der Waals surface area contributed by atoms with Gasteiger partial charge in [-0.1, -0.05) is 36.4 Å². The van der Waals surface area contributed by atoms with Gasteiger partial charge in [0.25, 0.3) is 0 Å². The molecule has 1 heterocycles. The minimum Gasteiger partial charge on any atom is -0.242 e. The number of hydrogen-bond acceptors (Lipinski definition) is 2. The Labute approximate surface area is 151 Å². The quantitative estimate of drug-likeness (QED) is 0.207. The molecule has 0 spiro atoms. The van der Waals surface area contributed by atoms with Crippen molar-refractivity contribution in [3.05, 3.63) is 57.0 Å². The van der Waals surface area contributed by atoms with Gasteiger partial charge in [0, 0.05) is 16.5 Å². The molecule has 0 bridgehead atoms. The first-order valence-corrected chi connectivity index (χ1v) is 8.72. The summed E-state index contributed by atoms with van der Waals surface area (Å²) in [7, 11) is 0. The van der Waals surface area contributed by atoms with E-state index >= 15 is 0 Å². The average Bonchev–Trinajstić information content (AvgIpc) is 2.93. The number of hydrogen-bond donors (Lipinski definition) is 0. The van der Waals surface area contributed by atoms with Gasteiger partial charge in [-0.3, -0.25) is 0 Å². The van der Waals surface area contributed by atoms with E-state index in [2.05, 4.69) is 41.8 Å². The van der Waals surface area contributed by atoms with Crippen molar-refractivity contribution in [2.24, 2.45) is 0 Å². The topological polar surface area (TPSA) is 25.8 Å². The number of aromatic nitrogens is 2. The third-order valence-corrected chi connectivity index (χ3v) is 5.75. The van der Waals surface area contributed by atoms with E-state index in [-0.39, 0.29) is 8.95 Å². The van der Waals surface area contributed by atoms with Gasteiger partial charge in [0.1, 0.15) is 11.0 Å². The van der Waals surface area contributed by atoms with E-state index < -0.39 is 11.6 Å². The fourth-order valence-corrected chi connectivity index (χ4v) is 4.15. The second-order valence-corrected chi connectivity index (χ2v) is 7.17. The van der Waals surface area contributed by atoms with Gasteiger partial charge in [-0.25, -0.2) is 18.7 Å². The van der Waals surface area contributed by atoms with Crippen LogP contribution in [0.25, 0.3) is 44.3 Å². The average molecular weight is 448 g/mol. The number of nitrogens with zero attached hydrogens (tertiary/aromatic N) is 2. The Kier molecular flexibility index (Phi) is 2.89. The van der Waals surface area contributed by atoms with Crippen molar-refractivity contribution >= 4 is 53.7 Å². The van der Waals surface area contributed by atoms with Crippen LogP contribution in [0.5, 0.6) is 0 Å². The Morgan fingerprint density at radius 2 is 1.17 bits per heavy atom. The fourth-order valence-electron chi connectivity index (χ4n) is 3.25. The molecular formula is C18H6Br2F2N2. The van der Waals surface area contributed by atoms with Crippen molar-refractivity contribution in [1.29, 1.82) is 0 Å². The van der Waals surface area contributed by atoms with Gasteiger partial charge in [0.2, 0.25) is 0 Å². The Morgan fingerprint density at radius 1 is 0.708 bits per heavy atom. The standard InChI is InChI=1S/C18H6Br2F2N2/c19-11-13(21)14(22)12(20)18-17(11)23-15-8-5-1-3-7-4-2-6-9(10(7)8)16(15)24-18/h1-6H. The molecule has 0 fully saturated rings. The smallest absolute Gasteiger partial charge is 0.176 e. The van der Waals surface area contributed by atoms with E-state index in [4.69, 9.17) is 0 Å². The van der Waals surface area contributed by atoms with Crippen molar-refractivity contribution in [3.8, 4) is 22.5 Å². The molecule has 5 rings (SSSR count). The summed E-state index contributed by atoms with van der Waals surface area (Å²) in [4.78, 5) is 9.22. The highest BCUT2D eigenvalue weighted by atomic mass is 79.9. The highest BCUT2D eigenvalue weighted by Gasteiger charge is 2.27. The first-order chi connectivity index (χ1) is 11.6. The summed E-state index contributed by atoms with van der Waals surface area (Å²) >= 11 is 6.22. The van der Waals surface area contributed by atoms with Crippen LogP contribution >= 0.6 is 31.9 Å². The molecule has 0 unspecified atom stereocenters. The van der Waals surface area contributed by atoms with Crippen LogP contribution in [-0.4, -0.2) is 9.97 Å². The molecule has 1 aromatic heterocycles. The van der Waals surface area contributed by atoms with E-state index in [9.17, 15) is 8.78 Å². The zero-order valence-electron chi connectivity index (χ0n) is 11.9. The third kappa shape index (κ3) is 1.67. The van der Waals surface area contributed by atoms with Crippen LogP contribution in [-0.2, 0) is 0 Å². The van der Waals surface area contributed by atoms with Crippen LogP contribution in [0.15, 0.2) is 45.3 Å². The SMILES string of the molecule is Fc1c(F)c(Br)c2nc3c(nc2c1Br)-c1cccc2cccc-3c12. The van der Waals surface area contributed by atoms with Crippen molar-refractivity contribution in [3.63, 3.8) is 0 Å². The lowest BCUT2D eigenvalue weighted by atomic mass is 10.0. The lowest BCUT2D eigenvalue weighted by Crippen LogP contribution is -1.98. The molecule has 24 heavy (non-hydrogen) atoms. The van der Waals surface area contributed by atoms with E-state index in [1.165, 1.54) is 0 Å². The molecule has 3 aromatic carbocycles. The summed E-state index contributed by atoms with van der Waals surface area (Å²) in [6.07, 6.45) is 0. The molecule has 0 aliphatic heterocycles. The number of benzene rings is 3. The molecular weight excluding hydrogens is 442 g/mol. The van der Waals surface area contributed by atoms with Crippen LogP contribution in [0, 0.1) is 11.6 Å². The summed E-state index contributed by atoms with van der Waals surface area (Å²) in [5, 5.41) is 2.16. The Bertz CT molecular complexity index is 1120. The lowest BCUT2D eigenvalue weighted by molar-refractivity contribution is 0.502. The normalized spacial score (nSPS) is 12.2. The predicted octanol–water partition coefficient (Wildman–Crippen LogP) is 6.23. The molecule has 0 radical (unpaired) electrons. The van der Waals surface area contributed by atoms with E-state index in [0.717, 1.165) is 21.9 Å². The maximum atomic E-state index is 14.0. The van der Waals surface area contributed by atoms with Gasteiger partial charge in [-0.2, -0.15) is 0 Å². The van der Waals surface area contributed by atoms with Gasteiger partial charge < -0.3 is 0 Å². The van der Waals surface area contributed by atoms with Crippen LogP contribution < -0.4 is 0 Å². The Morgan fingerprint density at radius 3 is 1.62 bits per heavy atom. The molecule has 0 amide bonds. The van der Waals surface area contributed by atoms with E-state index in [1.807, 2.05) is 36.4 Å². The minimum absolute atomic E-state index is 0.0170. The molecule has 1 aliphatic carbocycles. The van der Waals surface area contributed by atoms with Gasteiger partial charge >= 0.3 is 0 Å². The number of rotatable bonds is 0. The molecule has 0 saturated heterocycles. The van der Waals surface area contributed by atoms with Crippen molar-refractivity contribution in [2.75, 3.05) is 0 Å². The third-order valence-electron chi connectivity index (χ3n) is 4.30. The lowest BCUT2D eigenvalue weighted by Gasteiger charge is -2.08. The van der Waals surface area contributed by atoms with Crippen molar-refractivity contribution in [2.45, 2.75) is 0 Å². The summed E-state index contributed by atoms with van der Waals surface area (Å²) in [6, 6.07) is 11.9. The molecule has 0 saturated carbocycles. The summed E-state index contributed by atoms with van der Waals surface area (Å²) in [6.45, 7) is 0. The Hall–Kier alpha value is -1.92. The number of fused-ring (bicyclic) bond motifs is 4. The zero-order valence-corrected chi connectivity index (χ0v) is 15.0. The fraction of sp³-hybridized carbons (Fsp3) is 0. The van der Waals surface area contributed by atoms with E-state index in [0.29, 0.717) is 22.4 Å². The molecule has 0 atom stereocenters. The van der Waals surface area contributed by atoms with Crippen molar-refractivity contribution in [1.82, 2.24) is 9.97 Å². The van der Waals surface area contributed by atoms with Gasteiger partial charge in [0.05, 0.1) is 20.3 Å². The predicted molar refractivity (Wildman–Crippen MR) is 96.8 cm³/mol. The van der Waals surface area contributed by atoms with Crippen LogP contribution in [0.4, 0.5) is 8.78 Å². The van der Waals surface area contributed by atoms with Crippen LogP contribution in [0.3, 0.4) is 0 Å². The highest BCUT2D eigenvalue weighted by Crippen LogP contribution is 2.47. The largest absolute Gasteiger partial charge is 0.242 e. The monoisotopic (exact) mass is 446 g/mol. The summed E-state index contributed by atoms with van der Waals surface area (Å²) in [5.41, 5.74) is 3.88. The van der Waals surface area contributed by atoms with E-state index in [1.54, 1.807) is 0 Å². The van der Waals surface area contributed by atoms with Crippen molar-refractivity contribution < 1.29 is 8.78 Å². The first kappa shape index (κ1) is 14.4. The maximum absolute atomic E-state index is 14.0. The minimum atomic E-state index is -0.975. The maximum Gasteiger partial charge on any atom is 0.176 e. The molecule has 1 aliphatic rings. The Balaban J connectivity index is 2.00. The molecule has 4 aromatic rings. The first-order valence-electron chi connectivity index (χ1n) is 7.14. The summed E-state index contributed by atoms with van der Waals surface area (Å²) in [5.74, 6) is -1.95. The molecule has 6 heteroatoms. The summed E-state index contributed by atoms with van der Waals surface area (Å²) < 4.78 is 28.1. The van der Waals surface area contributed by atoms with Crippen LogP contribution in [0.1, 0.15) is 0 Å². The molecule has 116 valence electrons. The van der Waals surface area contributed by atoms with Gasteiger partial charge in [0.15, 0.2) is 11.6 Å². The van der Waals surface area contributed by atoms with Gasteiger partial charge in [-0.15, -0.1) is 0 Å². The highest BCUT2D eigenvalue weighted by molar-refractivity contribution is 9.11. The second kappa shape index (κ2) is 4.80. The van der Waals surface area contributed by atoms with Gasteiger partial charge in [-0.05, 0) is 37.2 Å².